The molecule has 1 nitrogen and oxygen atoms in total. The summed E-state index contributed by atoms with van der Waals surface area (Å²) in [5.74, 6) is 0.476. The molecule has 0 aliphatic heterocycles. The zero-order valence-corrected chi connectivity index (χ0v) is 12.5. The standard InChI is InChI=1S/C18H20OS/c1-3-4-8-15(2)20(17-9-6-5-7-10-17)18-13-11-16(19)12-14-18/h3-9,11,13,17H,1-2,10,12,14H2/p+1/b8-4-. The van der Waals surface area contributed by atoms with Gasteiger partial charge in [-0.2, -0.15) is 0 Å². The minimum atomic E-state index is -0.0202. The van der Waals surface area contributed by atoms with E-state index in [1.165, 1.54) is 4.91 Å². The van der Waals surface area contributed by atoms with Crippen molar-refractivity contribution < 1.29 is 5.11 Å². The van der Waals surface area contributed by atoms with Gasteiger partial charge in [0.1, 0.15) is 4.91 Å². The molecule has 0 radical (unpaired) electrons. The third-order valence-electron chi connectivity index (χ3n) is 3.32. The van der Waals surface area contributed by atoms with Crippen LogP contribution in [0.4, 0.5) is 0 Å². The van der Waals surface area contributed by atoms with Crippen LogP contribution in [-0.4, -0.2) is 10.4 Å². The van der Waals surface area contributed by atoms with E-state index in [-0.39, 0.29) is 10.9 Å². The van der Waals surface area contributed by atoms with Crippen LogP contribution in [0.2, 0.25) is 0 Å². The lowest BCUT2D eigenvalue weighted by Crippen LogP contribution is -2.23. The molecule has 2 rings (SSSR count). The zero-order valence-electron chi connectivity index (χ0n) is 11.7. The fraction of sp³-hybridized carbons (Fsp3) is 0.222. The summed E-state index contributed by atoms with van der Waals surface area (Å²) in [6, 6.07) is 0. The van der Waals surface area contributed by atoms with E-state index in [0.29, 0.717) is 11.0 Å². The van der Waals surface area contributed by atoms with E-state index in [2.05, 4.69) is 49.6 Å². The van der Waals surface area contributed by atoms with Crippen molar-refractivity contribution >= 4 is 10.9 Å². The first-order valence-electron chi connectivity index (χ1n) is 6.85. The zero-order chi connectivity index (χ0) is 14.4. The highest BCUT2D eigenvalue weighted by Gasteiger charge is 2.35. The SMILES string of the molecule is C=C/C=C\C(=C)[S+](C1=CC=C(O)CC1)C1C=CC=CC1. The normalized spacial score (nSPS) is 23.3. The highest BCUT2D eigenvalue weighted by molar-refractivity contribution is 8.05. The molecule has 0 aromatic rings. The van der Waals surface area contributed by atoms with E-state index in [1.807, 2.05) is 12.2 Å². The Hall–Kier alpha value is -1.67. The lowest BCUT2D eigenvalue weighted by Gasteiger charge is -2.20. The van der Waals surface area contributed by atoms with E-state index in [4.69, 9.17) is 0 Å². The quantitative estimate of drug-likeness (QED) is 0.564. The molecular formula is C18H21OS+. The Kier molecular flexibility index (Phi) is 5.31. The van der Waals surface area contributed by atoms with Gasteiger partial charge in [-0.1, -0.05) is 37.0 Å². The molecule has 2 aliphatic carbocycles. The molecule has 0 heterocycles. The van der Waals surface area contributed by atoms with Crippen molar-refractivity contribution in [3.05, 3.63) is 83.4 Å². The minimum absolute atomic E-state index is 0.0202. The molecule has 0 aromatic heterocycles. The largest absolute Gasteiger partial charge is 0.512 e. The van der Waals surface area contributed by atoms with Gasteiger partial charge in [0.25, 0.3) is 0 Å². The smallest absolute Gasteiger partial charge is 0.153 e. The van der Waals surface area contributed by atoms with Gasteiger partial charge in [-0.15, -0.1) is 0 Å². The van der Waals surface area contributed by atoms with Crippen LogP contribution < -0.4 is 0 Å². The van der Waals surface area contributed by atoms with Crippen molar-refractivity contribution in [2.45, 2.75) is 24.5 Å². The topological polar surface area (TPSA) is 20.2 Å². The highest BCUT2D eigenvalue weighted by Crippen LogP contribution is 2.34. The third kappa shape index (κ3) is 3.67. The molecule has 20 heavy (non-hydrogen) atoms. The molecule has 1 N–H and O–H groups in total. The van der Waals surface area contributed by atoms with E-state index in [9.17, 15) is 5.11 Å². The van der Waals surface area contributed by atoms with Crippen molar-refractivity contribution in [2.75, 3.05) is 0 Å². The summed E-state index contributed by atoms with van der Waals surface area (Å²) >= 11 is 0. The predicted octanol–water partition coefficient (Wildman–Crippen LogP) is 4.86. The van der Waals surface area contributed by atoms with Crippen LogP contribution in [0.15, 0.2) is 83.4 Å². The van der Waals surface area contributed by atoms with Crippen molar-refractivity contribution in [2.24, 2.45) is 0 Å². The van der Waals surface area contributed by atoms with Gasteiger partial charge in [0.15, 0.2) is 10.2 Å². The summed E-state index contributed by atoms with van der Waals surface area (Å²) in [5, 5.41) is 10.0. The molecule has 104 valence electrons. The summed E-state index contributed by atoms with van der Waals surface area (Å²) in [6.07, 6.45) is 21.1. The lowest BCUT2D eigenvalue weighted by molar-refractivity contribution is 0.387. The Bertz CT molecular complexity index is 532. The summed E-state index contributed by atoms with van der Waals surface area (Å²) in [5.41, 5.74) is 0. The van der Waals surface area contributed by atoms with Crippen molar-refractivity contribution in [3.8, 4) is 0 Å². The minimum Gasteiger partial charge on any atom is -0.512 e. The number of aliphatic hydroxyl groups excluding tert-OH is 1. The van der Waals surface area contributed by atoms with Gasteiger partial charge in [0.05, 0.1) is 16.7 Å². The molecular weight excluding hydrogens is 264 g/mol. The van der Waals surface area contributed by atoms with Gasteiger partial charge in [-0.05, 0) is 30.9 Å². The third-order valence-corrected chi connectivity index (χ3v) is 5.88. The van der Waals surface area contributed by atoms with Crippen LogP contribution in [-0.2, 0) is 10.9 Å². The van der Waals surface area contributed by atoms with Crippen LogP contribution in [0, 0.1) is 0 Å². The Morgan fingerprint density at radius 3 is 2.75 bits per heavy atom. The van der Waals surface area contributed by atoms with Crippen molar-refractivity contribution in [1.82, 2.24) is 0 Å². The maximum atomic E-state index is 9.54. The maximum Gasteiger partial charge on any atom is 0.153 e. The Morgan fingerprint density at radius 1 is 1.30 bits per heavy atom. The molecule has 0 spiro atoms. The van der Waals surface area contributed by atoms with E-state index >= 15 is 0 Å². The average Bonchev–Trinajstić information content (AvgIpc) is 2.48. The molecule has 0 saturated carbocycles. The summed E-state index contributed by atoms with van der Waals surface area (Å²) in [7, 11) is -0.0202. The molecule has 0 fully saturated rings. The van der Waals surface area contributed by atoms with Crippen LogP contribution in [0.3, 0.4) is 0 Å². The fourth-order valence-electron chi connectivity index (χ4n) is 2.33. The molecule has 0 amide bonds. The molecule has 2 aliphatic rings. The molecule has 0 bridgehead atoms. The molecule has 2 unspecified atom stereocenters. The van der Waals surface area contributed by atoms with Gasteiger partial charge in [0.2, 0.25) is 0 Å². The summed E-state index contributed by atoms with van der Waals surface area (Å²) < 4.78 is 0. The molecule has 2 heteroatoms. The van der Waals surface area contributed by atoms with E-state index < -0.39 is 0 Å². The summed E-state index contributed by atoms with van der Waals surface area (Å²) in [6.45, 7) is 7.98. The Balaban J connectivity index is 2.26. The van der Waals surface area contributed by atoms with Gasteiger partial charge >= 0.3 is 0 Å². The van der Waals surface area contributed by atoms with Gasteiger partial charge in [0, 0.05) is 19.3 Å². The second kappa shape index (κ2) is 7.20. The van der Waals surface area contributed by atoms with Crippen LogP contribution >= 0.6 is 0 Å². The predicted molar refractivity (Wildman–Crippen MR) is 90.6 cm³/mol. The van der Waals surface area contributed by atoms with Gasteiger partial charge in [-0.25, -0.2) is 0 Å². The first kappa shape index (κ1) is 14.7. The fourth-order valence-corrected chi connectivity index (χ4v) is 4.76. The molecule has 2 atom stereocenters. The second-order valence-electron chi connectivity index (χ2n) is 4.78. The van der Waals surface area contributed by atoms with Crippen molar-refractivity contribution in [1.29, 1.82) is 0 Å². The number of aliphatic hydroxyl groups is 1. The number of rotatable bonds is 5. The first-order valence-corrected chi connectivity index (χ1v) is 8.14. The summed E-state index contributed by atoms with van der Waals surface area (Å²) in [4.78, 5) is 2.52. The van der Waals surface area contributed by atoms with Crippen LogP contribution in [0.1, 0.15) is 19.3 Å². The second-order valence-corrected chi connectivity index (χ2v) is 7.11. The Morgan fingerprint density at radius 2 is 2.15 bits per heavy atom. The Labute approximate surface area is 124 Å². The first-order chi connectivity index (χ1) is 9.72. The average molecular weight is 285 g/mol. The van der Waals surface area contributed by atoms with Crippen LogP contribution in [0.25, 0.3) is 0 Å². The number of hydrogen-bond donors (Lipinski definition) is 1. The van der Waals surface area contributed by atoms with E-state index in [1.54, 1.807) is 6.08 Å². The number of hydrogen-bond acceptors (Lipinski definition) is 1. The lowest BCUT2D eigenvalue weighted by atomic mass is 10.1. The van der Waals surface area contributed by atoms with E-state index in [0.717, 1.165) is 24.2 Å². The number of allylic oxidation sites excluding steroid dienone is 10. The van der Waals surface area contributed by atoms with Gasteiger partial charge < -0.3 is 5.11 Å². The highest BCUT2D eigenvalue weighted by atomic mass is 32.2. The molecule has 0 saturated heterocycles. The van der Waals surface area contributed by atoms with Crippen molar-refractivity contribution in [3.63, 3.8) is 0 Å². The van der Waals surface area contributed by atoms with Crippen LogP contribution in [0.5, 0.6) is 0 Å². The maximum absolute atomic E-state index is 9.54. The monoisotopic (exact) mass is 285 g/mol. The molecule has 0 aromatic carbocycles. The van der Waals surface area contributed by atoms with Gasteiger partial charge in [-0.3, -0.25) is 0 Å².